The quantitative estimate of drug-likeness (QED) is 0.173. The molecular formula is C50H30N4. The molecule has 12 aromatic rings. The van der Waals surface area contributed by atoms with Crippen LogP contribution in [0.4, 0.5) is 0 Å². The number of aromatic nitrogens is 4. The van der Waals surface area contributed by atoms with Gasteiger partial charge in [-0.3, -0.25) is 9.55 Å². The third-order valence-corrected chi connectivity index (χ3v) is 11.3. The molecule has 0 N–H and O–H groups in total. The molecule has 0 amide bonds. The van der Waals surface area contributed by atoms with Gasteiger partial charge in [0, 0.05) is 49.6 Å². The van der Waals surface area contributed by atoms with Crippen LogP contribution in [-0.2, 0) is 0 Å². The molecular weight excluding hydrogens is 657 g/mol. The highest BCUT2D eigenvalue weighted by atomic mass is 15.1. The molecule has 4 heterocycles. The van der Waals surface area contributed by atoms with E-state index in [9.17, 15) is 0 Å². The minimum absolute atomic E-state index is 0.858. The van der Waals surface area contributed by atoms with Crippen molar-refractivity contribution in [1.82, 2.24) is 19.1 Å². The maximum atomic E-state index is 5.45. The Bertz CT molecular complexity index is 3490. The molecule has 0 unspecified atom stereocenters. The van der Waals surface area contributed by atoms with Crippen LogP contribution in [0.3, 0.4) is 0 Å². The Morgan fingerprint density at radius 2 is 0.889 bits per heavy atom. The van der Waals surface area contributed by atoms with Crippen LogP contribution >= 0.6 is 0 Å². The lowest BCUT2D eigenvalue weighted by molar-refractivity contribution is 1.09. The van der Waals surface area contributed by atoms with Gasteiger partial charge in [-0.25, -0.2) is 4.98 Å². The molecule has 4 heteroatoms. The summed E-state index contributed by atoms with van der Waals surface area (Å²) < 4.78 is 4.90. The van der Waals surface area contributed by atoms with E-state index in [-0.39, 0.29) is 0 Å². The van der Waals surface area contributed by atoms with Gasteiger partial charge in [-0.1, -0.05) is 133 Å². The highest BCUT2D eigenvalue weighted by molar-refractivity contribution is 6.45. The van der Waals surface area contributed by atoms with Gasteiger partial charge in [0.15, 0.2) is 0 Å². The first-order valence-corrected chi connectivity index (χ1v) is 18.4. The first kappa shape index (κ1) is 29.3. The maximum Gasteiger partial charge on any atom is 0.139 e. The van der Waals surface area contributed by atoms with Crippen molar-refractivity contribution in [3.05, 3.63) is 182 Å². The highest BCUT2D eigenvalue weighted by Crippen LogP contribution is 2.51. The fourth-order valence-corrected chi connectivity index (χ4v) is 9.21. The number of benzene rings is 8. The number of hydrogen-bond acceptors (Lipinski definition) is 2. The van der Waals surface area contributed by atoms with Gasteiger partial charge in [0.05, 0.1) is 33.8 Å². The maximum absolute atomic E-state index is 5.45. The van der Waals surface area contributed by atoms with Crippen molar-refractivity contribution >= 4 is 86.8 Å². The van der Waals surface area contributed by atoms with Crippen LogP contribution in [0.25, 0.3) is 109 Å². The second-order valence-corrected chi connectivity index (χ2v) is 14.1. The van der Waals surface area contributed by atoms with E-state index in [1.54, 1.807) is 0 Å². The third-order valence-electron chi connectivity index (χ3n) is 11.3. The van der Waals surface area contributed by atoms with E-state index >= 15 is 0 Å². The van der Waals surface area contributed by atoms with Crippen LogP contribution in [0.15, 0.2) is 182 Å². The number of nitrogens with zero attached hydrogens (tertiary/aromatic N) is 4. The molecule has 0 radical (unpaired) electrons. The van der Waals surface area contributed by atoms with Crippen LogP contribution in [0, 0.1) is 0 Å². The fourth-order valence-electron chi connectivity index (χ4n) is 9.21. The Morgan fingerprint density at radius 3 is 1.52 bits per heavy atom. The predicted molar refractivity (Wildman–Crippen MR) is 226 cm³/mol. The van der Waals surface area contributed by atoms with Crippen LogP contribution in [0.2, 0.25) is 0 Å². The molecule has 0 spiro atoms. The van der Waals surface area contributed by atoms with E-state index in [1.807, 2.05) is 12.4 Å². The van der Waals surface area contributed by atoms with Gasteiger partial charge in [0.2, 0.25) is 0 Å². The highest BCUT2D eigenvalue weighted by Gasteiger charge is 2.27. The predicted octanol–water partition coefficient (Wildman–Crippen LogP) is 13.0. The third kappa shape index (κ3) is 3.91. The zero-order chi connectivity index (χ0) is 35.3. The average molecular weight is 687 g/mol. The van der Waals surface area contributed by atoms with Gasteiger partial charge in [-0.15, -0.1) is 0 Å². The monoisotopic (exact) mass is 686 g/mol. The average Bonchev–Trinajstić information content (AvgIpc) is 3.77. The summed E-state index contributed by atoms with van der Waals surface area (Å²) in [5.74, 6) is 0.858. The van der Waals surface area contributed by atoms with Gasteiger partial charge in [-0.05, 0) is 69.1 Å². The molecule has 4 nitrogen and oxygen atoms in total. The van der Waals surface area contributed by atoms with Gasteiger partial charge < -0.3 is 4.57 Å². The number of hydrogen-bond donors (Lipinski definition) is 0. The van der Waals surface area contributed by atoms with Crippen molar-refractivity contribution in [1.29, 1.82) is 0 Å². The summed E-state index contributed by atoms with van der Waals surface area (Å²) in [4.78, 5) is 10.0. The van der Waals surface area contributed by atoms with E-state index < -0.39 is 0 Å². The number of rotatable bonds is 3. The SMILES string of the molecule is c1ccc(-c2cc(-n3c4ccccc4c4c5c6ccccc6c6ccccc6c5c5c6ccccc6n(-c6ccccc6)c5c43)nc3cnccc23)cc1. The molecule has 250 valence electrons. The molecule has 0 saturated heterocycles. The fraction of sp³-hybridized carbons (Fsp3) is 0. The Hall–Kier alpha value is -7.30. The van der Waals surface area contributed by atoms with Crippen molar-refractivity contribution in [2.24, 2.45) is 0 Å². The number of pyridine rings is 2. The molecule has 0 aliphatic heterocycles. The van der Waals surface area contributed by atoms with E-state index in [1.165, 1.54) is 59.4 Å². The van der Waals surface area contributed by atoms with Crippen LogP contribution in [0.1, 0.15) is 0 Å². The van der Waals surface area contributed by atoms with Gasteiger partial charge in [0.1, 0.15) is 5.82 Å². The normalized spacial score (nSPS) is 12.1. The Balaban J connectivity index is 1.43. The van der Waals surface area contributed by atoms with E-state index in [0.29, 0.717) is 0 Å². The summed E-state index contributed by atoms with van der Waals surface area (Å²) in [7, 11) is 0. The molecule has 0 bridgehead atoms. The molecule has 0 atom stereocenters. The lowest BCUT2D eigenvalue weighted by Gasteiger charge is -2.17. The number of fused-ring (bicyclic) bond motifs is 16. The van der Waals surface area contributed by atoms with E-state index in [4.69, 9.17) is 4.98 Å². The largest absolute Gasteiger partial charge is 0.307 e. The van der Waals surface area contributed by atoms with Crippen molar-refractivity contribution < 1.29 is 0 Å². The second-order valence-electron chi connectivity index (χ2n) is 14.1. The van der Waals surface area contributed by atoms with Crippen LogP contribution in [0.5, 0.6) is 0 Å². The smallest absolute Gasteiger partial charge is 0.139 e. The van der Waals surface area contributed by atoms with Gasteiger partial charge in [-0.2, -0.15) is 0 Å². The van der Waals surface area contributed by atoms with Crippen LogP contribution < -0.4 is 0 Å². The molecule has 4 aromatic heterocycles. The van der Waals surface area contributed by atoms with Gasteiger partial charge in [0.25, 0.3) is 0 Å². The second kappa shape index (κ2) is 11.1. The van der Waals surface area contributed by atoms with E-state index in [0.717, 1.165) is 50.1 Å². The van der Waals surface area contributed by atoms with Crippen molar-refractivity contribution in [3.8, 4) is 22.6 Å². The molecule has 0 aliphatic rings. The summed E-state index contributed by atoms with van der Waals surface area (Å²) in [5.41, 5.74) is 8.82. The summed E-state index contributed by atoms with van der Waals surface area (Å²) in [6.45, 7) is 0. The summed E-state index contributed by atoms with van der Waals surface area (Å²) in [6.07, 6.45) is 3.75. The lowest BCUT2D eigenvalue weighted by Crippen LogP contribution is -2.02. The first-order chi connectivity index (χ1) is 26.8. The standard InChI is InChI=1S/C50H30N4/c1-3-15-31(16-4-1)40-29-44(52-41-30-51-28-27-35(40)41)54-43-26-14-12-24-39(43)48-46-37-22-10-8-20-34(37)33-19-7-9-21-36(33)45(46)47-38-23-11-13-25-42(38)53(49(47)50(48)54)32-17-5-2-6-18-32/h1-30H. The molecule has 54 heavy (non-hydrogen) atoms. The molecule has 0 aliphatic carbocycles. The zero-order valence-corrected chi connectivity index (χ0v) is 29.1. The zero-order valence-electron chi connectivity index (χ0n) is 29.1. The molecule has 0 fully saturated rings. The lowest BCUT2D eigenvalue weighted by atomic mass is 9.89. The van der Waals surface area contributed by atoms with Crippen LogP contribution in [-0.4, -0.2) is 19.1 Å². The molecule has 8 aromatic carbocycles. The first-order valence-electron chi connectivity index (χ1n) is 18.4. The van der Waals surface area contributed by atoms with Crippen molar-refractivity contribution in [2.45, 2.75) is 0 Å². The Kier molecular flexibility index (Phi) is 6.02. The van der Waals surface area contributed by atoms with Crippen molar-refractivity contribution in [3.63, 3.8) is 0 Å². The molecule has 0 saturated carbocycles. The Morgan fingerprint density at radius 1 is 0.389 bits per heavy atom. The van der Waals surface area contributed by atoms with Gasteiger partial charge >= 0.3 is 0 Å². The van der Waals surface area contributed by atoms with E-state index in [2.05, 4.69) is 184 Å². The summed E-state index contributed by atoms with van der Waals surface area (Å²) >= 11 is 0. The summed E-state index contributed by atoms with van der Waals surface area (Å²) in [6, 6.07) is 61.5. The number of para-hydroxylation sites is 3. The van der Waals surface area contributed by atoms with Crippen molar-refractivity contribution in [2.75, 3.05) is 0 Å². The molecule has 12 rings (SSSR count). The minimum atomic E-state index is 0.858. The minimum Gasteiger partial charge on any atom is -0.307 e. The summed E-state index contributed by atoms with van der Waals surface area (Å²) in [5, 5.41) is 13.5. The topological polar surface area (TPSA) is 35.6 Å². The Labute approximate surface area is 309 Å².